The molecule has 0 saturated carbocycles. The summed E-state index contributed by atoms with van der Waals surface area (Å²) < 4.78 is 5.23. The Hall–Kier alpha value is -1.43. The maximum Gasteiger partial charge on any atom is 0.237 e. The van der Waals surface area contributed by atoms with Crippen molar-refractivity contribution in [3.05, 3.63) is 35.9 Å². The number of hydrogen-bond donors (Lipinski definition) is 3. The topological polar surface area (TPSA) is 70.6 Å². The zero-order valence-electron chi connectivity index (χ0n) is 11.7. The van der Waals surface area contributed by atoms with Crippen LogP contribution in [0.5, 0.6) is 0 Å². The quantitative estimate of drug-likeness (QED) is 0.689. The van der Waals surface area contributed by atoms with Gasteiger partial charge >= 0.3 is 0 Å². The minimum Gasteiger partial charge on any atom is -0.394 e. The van der Waals surface area contributed by atoms with Crippen molar-refractivity contribution in [2.45, 2.75) is 31.0 Å². The molecule has 5 heteroatoms. The van der Waals surface area contributed by atoms with Crippen LogP contribution in [0.3, 0.4) is 0 Å². The number of carbonyl (C=O) groups is 1. The average Bonchev–Trinajstić information content (AvgIpc) is 2.96. The van der Waals surface area contributed by atoms with Crippen molar-refractivity contribution >= 4 is 5.91 Å². The van der Waals surface area contributed by atoms with Gasteiger partial charge in [-0.2, -0.15) is 0 Å². The third-order valence-corrected chi connectivity index (χ3v) is 3.63. The molecule has 110 valence electrons. The highest BCUT2D eigenvalue weighted by Gasteiger charge is 2.30. The van der Waals surface area contributed by atoms with Gasteiger partial charge in [0.1, 0.15) is 0 Å². The van der Waals surface area contributed by atoms with Crippen LogP contribution in [0.4, 0.5) is 0 Å². The van der Waals surface area contributed by atoms with E-state index < -0.39 is 0 Å². The molecule has 1 aliphatic heterocycles. The van der Waals surface area contributed by atoms with Crippen LogP contribution in [0.2, 0.25) is 0 Å². The van der Waals surface area contributed by atoms with E-state index in [9.17, 15) is 9.90 Å². The molecule has 0 bridgehead atoms. The van der Waals surface area contributed by atoms with E-state index in [0.29, 0.717) is 19.4 Å². The van der Waals surface area contributed by atoms with Crippen molar-refractivity contribution < 1.29 is 14.6 Å². The number of aliphatic hydroxyl groups is 1. The summed E-state index contributed by atoms with van der Waals surface area (Å²) in [6.07, 6.45) is 1.39. The van der Waals surface area contributed by atoms with Gasteiger partial charge in [-0.1, -0.05) is 30.3 Å². The van der Waals surface area contributed by atoms with Crippen molar-refractivity contribution in [3.8, 4) is 0 Å². The molecule has 1 amide bonds. The minimum atomic E-state index is -0.256. The number of carbonyl (C=O) groups excluding carboxylic acids is 1. The van der Waals surface area contributed by atoms with Crippen LogP contribution >= 0.6 is 0 Å². The highest BCUT2D eigenvalue weighted by Crippen LogP contribution is 2.10. The summed E-state index contributed by atoms with van der Waals surface area (Å²) in [5, 5.41) is 15.4. The van der Waals surface area contributed by atoms with Gasteiger partial charge in [-0.05, 0) is 18.4 Å². The number of aliphatic hydroxyl groups excluding tert-OH is 1. The zero-order valence-corrected chi connectivity index (χ0v) is 11.7. The highest BCUT2D eigenvalue weighted by atomic mass is 16.5. The largest absolute Gasteiger partial charge is 0.394 e. The maximum absolute atomic E-state index is 12.1. The molecule has 3 N–H and O–H groups in total. The van der Waals surface area contributed by atoms with Crippen LogP contribution in [0, 0.1) is 0 Å². The number of rotatable bonds is 6. The summed E-state index contributed by atoms with van der Waals surface area (Å²) in [7, 11) is 1.65. The third kappa shape index (κ3) is 4.03. The molecule has 3 atom stereocenters. The Morgan fingerprint density at radius 1 is 1.50 bits per heavy atom. The van der Waals surface area contributed by atoms with E-state index in [1.54, 1.807) is 7.11 Å². The van der Waals surface area contributed by atoms with Gasteiger partial charge in [0.05, 0.1) is 24.8 Å². The smallest absolute Gasteiger partial charge is 0.237 e. The normalized spacial score (nSPS) is 23.5. The molecule has 0 spiro atoms. The number of hydrogen-bond acceptors (Lipinski definition) is 4. The predicted octanol–water partition coefficient (Wildman–Crippen LogP) is 0.0831. The maximum atomic E-state index is 12.1. The summed E-state index contributed by atoms with van der Waals surface area (Å²) in [4.78, 5) is 12.1. The van der Waals surface area contributed by atoms with Crippen LogP contribution in [-0.4, -0.2) is 49.5 Å². The molecule has 2 rings (SSSR count). The molecule has 0 radical (unpaired) electrons. The van der Waals surface area contributed by atoms with Crippen LogP contribution in [0.15, 0.2) is 30.3 Å². The molecule has 1 aliphatic rings. The Kier molecular flexibility index (Phi) is 5.52. The second kappa shape index (κ2) is 7.38. The van der Waals surface area contributed by atoms with Gasteiger partial charge in [0, 0.05) is 13.7 Å². The molecule has 1 aromatic carbocycles. The second-order valence-corrected chi connectivity index (χ2v) is 5.13. The summed E-state index contributed by atoms with van der Waals surface area (Å²) in [6, 6.07) is 9.34. The van der Waals surface area contributed by atoms with Gasteiger partial charge in [-0.3, -0.25) is 4.79 Å². The number of methoxy groups -OCH3 is 1. The molecule has 20 heavy (non-hydrogen) atoms. The molecule has 0 aliphatic carbocycles. The number of nitrogens with one attached hydrogen (secondary N) is 2. The number of ether oxygens (including phenoxy) is 1. The first kappa shape index (κ1) is 15.0. The van der Waals surface area contributed by atoms with E-state index in [0.717, 1.165) is 5.56 Å². The van der Waals surface area contributed by atoms with Crippen LogP contribution < -0.4 is 10.6 Å². The number of benzene rings is 1. The molecule has 0 aromatic heterocycles. The van der Waals surface area contributed by atoms with E-state index in [2.05, 4.69) is 10.6 Å². The fourth-order valence-corrected chi connectivity index (χ4v) is 2.44. The Morgan fingerprint density at radius 2 is 2.25 bits per heavy atom. The van der Waals surface area contributed by atoms with Crippen molar-refractivity contribution in [1.82, 2.24) is 10.6 Å². The van der Waals surface area contributed by atoms with Crippen molar-refractivity contribution in [3.63, 3.8) is 0 Å². The zero-order chi connectivity index (χ0) is 14.4. The molecule has 1 heterocycles. The van der Waals surface area contributed by atoms with Gasteiger partial charge < -0.3 is 20.5 Å². The lowest BCUT2D eigenvalue weighted by Crippen LogP contribution is -2.47. The van der Waals surface area contributed by atoms with E-state index in [-0.39, 0.29) is 30.7 Å². The minimum absolute atomic E-state index is 0.0684. The first-order valence-corrected chi connectivity index (χ1v) is 6.94. The predicted molar refractivity (Wildman–Crippen MR) is 76.4 cm³/mol. The average molecular weight is 278 g/mol. The van der Waals surface area contributed by atoms with Gasteiger partial charge in [0.25, 0.3) is 0 Å². The van der Waals surface area contributed by atoms with E-state index in [4.69, 9.17) is 4.74 Å². The first-order chi connectivity index (χ1) is 9.72. The lowest BCUT2D eigenvalue weighted by molar-refractivity contribution is -0.124. The highest BCUT2D eigenvalue weighted by molar-refractivity contribution is 5.82. The van der Waals surface area contributed by atoms with Gasteiger partial charge in [0.15, 0.2) is 0 Å². The van der Waals surface area contributed by atoms with Crippen molar-refractivity contribution in [1.29, 1.82) is 0 Å². The third-order valence-electron chi connectivity index (χ3n) is 3.63. The fraction of sp³-hybridized carbons (Fsp3) is 0.533. The van der Waals surface area contributed by atoms with Crippen LogP contribution in [-0.2, 0) is 16.0 Å². The molecular weight excluding hydrogens is 256 g/mol. The molecule has 1 aromatic rings. The summed E-state index contributed by atoms with van der Waals surface area (Å²) in [5.74, 6) is -0.0699. The summed E-state index contributed by atoms with van der Waals surface area (Å²) >= 11 is 0. The van der Waals surface area contributed by atoms with Gasteiger partial charge in [-0.15, -0.1) is 0 Å². The van der Waals surface area contributed by atoms with Crippen molar-refractivity contribution in [2.24, 2.45) is 0 Å². The van der Waals surface area contributed by atoms with E-state index in [1.165, 1.54) is 0 Å². The molecule has 1 fully saturated rings. The SMILES string of the molecule is COC1CNC(C(=O)N[C@@H](CO)Cc2ccccc2)C1. The standard InChI is InChI=1S/C15H22N2O3/c1-20-13-8-14(16-9-13)15(19)17-12(10-18)7-11-5-3-2-4-6-11/h2-6,12-14,16,18H,7-10H2,1H3,(H,17,19)/t12-,13?,14?/m1/s1. The second-order valence-electron chi connectivity index (χ2n) is 5.13. The number of amides is 1. The molecule has 2 unspecified atom stereocenters. The van der Waals surface area contributed by atoms with Crippen LogP contribution in [0.1, 0.15) is 12.0 Å². The Labute approximate surface area is 119 Å². The lowest BCUT2D eigenvalue weighted by Gasteiger charge is -2.19. The molecule has 5 nitrogen and oxygen atoms in total. The Bertz CT molecular complexity index is 424. The summed E-state index contributed by atoms with van der Waals surface area (Å²) in [6.45, 7) is 0.623. The summed E-state index contributed by atoms with van der Waals surface area (Å²) in [5.41, 5.74) is 1.10. The van der Waals surface area contributed by atoms with Gasteiger partial charge in [0.2, 0.25) is 5.91 Å². The first-order valence-electron chi connectivity index (χ1n) is 6.94. The fourth-order valence-electron chi connectivity index (χ4n) is 2.44. The van der Waals surface area contributed by atoms with Crippen molar-refractivity contribution in [2.75, 3.05) is 20.3 Å². The molecule has 1 saturated heterocycles. The Morgan fingerprint density at radius 3 is 2.85 bits per heavy atom. The van der Waals surface area contributed by atoms with Crippen LogP contribution in [0.25, 0.3) is 0 Å². The lowest BCUT2D eigenvalue weighted by atomic mass is 10.1. The van der Waals surface area contributed by atoms with E-state index in [1.807, 2.05) is 30.3 Å². The Balaban J connectivity index is 1.85. The van der Waals surface area contributed by atoms with Gasteiger partial charge in [-0.25, -0.2) is 0 Å². The molecular formula is C15H22N2O3. The van der Waals surface area contributed by atoms with E-state index >= 15 is 0 Å². The monoisotopic (exact) mass is 278 g/mol.